The van der Waals surface area contributed by atoms with Gasteiger partial charge in [0.25, 0.3) is 0 Å². The van der Waals surface area contributed by atoms with E-state index in [-0.39, 0.29) is 5.91 Å². The van der Waals surface area contributed by atoms with E-state index in [4.69, 9.17) is 0 Å². The first-order valence-electron chi connectivity index (χ1n) is 6.93. The maximum Gasteiger partial charge on any atom is 0.223 e. The molecule has 1 saturated heterocycles. The maximum atomic E-state index is 12.0. The van der Waals surface area contributed by atoms with Crippen molar-refractivity contribution in [3.63, 3.8) is 0 Å². The quantitative estimate of drug-likeness (QED) is 0.790. The molecule has 1 amide bonds. The molecule has 0 N–H and O–H groups in total. The molecule has 0 aliphatic carbocycles. The third kappa shape index (κ3) is 4.18. The third-order valence-corrected chi connectivity index (χ3v) is 4.28. The average Bonchev–Trinajstić information content (AvgIpc) is 2.96. The molecule has 20 heavy (non-hydrogen) atoms. The average molecular weight is 294 g/mol. The number of amides is 1. The lowest BCUT2D eigenvalue weighted by atomic mass is 10.2. The lowest BCUT2D eigenvalue weighted by molar-refractivity contribution is -0.129. The van der Waals surface area contributed by atoms with Crippen LogP contribution >= 0.6 is 11.8 Å². The topological polar surface area (TPSA) is 49.3 Å². The van der Waals surface area contributed by atoms with Crippen molar-refractivity contribution in [1.29, 1.82) is 0 Å². The van der Waals surface area contributed by atoms with Crippen molar-refractivity contribution in [1.82, 2.24) is 19.8 Å². The number of carbonyl (C=O) groups is 1. The highest BCUT2D eigenvalue weighted by molar-refractivity contribution is 7.98. The van der Waals surface area contributed by atoms with Crippen molar-refractivity contribution in [3.8, 4) is 0 Å². The van der Waals surface area contributed by atoms with Crippen LogP contribution in [-0.4, -0.2) is 63.9 Å². The number of hydrogen-bond acceptors (Lipinski definition) is 5. The number of aromatic nitrogens is 2. The van der Waals surface area contributed by atoms with E-state index < -0.39 is 0 Å². The molecule has 0 spiro atoms. The van der Waals surface area contributed by atoms with Crippen LogP contribution in [0, 0.1) is 0 Å². The molecule has 0 aromatic carbocycles. The normalized spacial score (nSPS) is 18.8. The van der Waals surface area contributed by atoms with Crippen LogP contribution in [0.1, 0.15) is 18.7 Å². The van der Waals surface area contributed by atoms with Crippen LogP contribution in [0.15, 0.2) is 18.5 Å². The zero-order valence-electron chi connectivity index (χ0n) is 12.2. The summed E-state index contributed by atoms with van der Waals surface area (Å²) in [6.45, 7) is 2.44. The Morgan fingerprint density at radius 3 is 2.95 bits per heavy atom. The van der Waals surface area contributed by atoms with Gasteiger partial charge in [-0.15, -0.1) is 0 Å². The number of thioether (sulfide) groups is 1. The van der Waals surface area contributed by atoms with E-state index in [2.05, 4.69) is 21.9 Å². The molecule has 1 aliphatic heterocycles. The van der Waals surface area contributed by atoms with Crippen molar-refractivity contribution in [2.75, 3.05) is 32.1 Å². The fourth-order valence-electron chi connectivity index (χ4n) is 2.44. The Bertz CT molecular complexity index is 428. The second-order valence-electron chi connectivity index (χ2n) is 5.11. The van der Waals surface area contributed by atoms with Gasteiger partial charge in [0.2, 0.25) is 5.91 Å². The molecule has 2 rings (SSSR count). The molecule has 0 bridgehead atoms. The molecular formula is C14H22N4OS. The molecule has 1 aromatic rings. The number of hydrogen-bond donors (Lipinski definition) is 0. The van der Waals surface area contributed by atoms with Gasteiger partial charge in [-0.2, -0.15) is 11.8 Å². The van der Waals surface area contributed by atoms with Gasteiger partial charge in [-0.1, -0.05) is 0 Å². The van der Waals surface area contributed by atoms with Gasteiger partial charge in [-0.25, -0.2) is 9.97 Å². The van der Waals surface area contributed by atoms with Gasteiger partial charge in [-0.05, 0) is 25.8 Å². The molecule has 0 saturated carbocycles. The smallest absolute Gasteiger partial charge is 0.223 e. The summed E-state index contributed by atoms with van der Waals surface area (Å²) >= 11 is 1.72. The molecule has 0 radical (unpaired) electrons. The molecule has 1 fully saturated rings. The van der Waals surface area contributed by atoms with E-state index >= 15 is 0 Å². The largest absolute Gasteiger partial charge is 0.341 e. The van der Waals surface area contributed by atoms with Crippen molar-refractivity contribution < 1.29 is 4.79 Å². The Hall–Kier alpha value is -1.14. The van der Waals surface area contributed by atoms with E-state index in [0.717, 1.165) is 37.6 Å². The predicted molar refractivity (Wildman–Crippen MR) is 81.5 cm³/mol. The lowest BCUT2D eigenvalue weighted by Crippen LogP contribution is -2.36. The maximum absolute atomic E-state index is 12.0. The number of nitrogens with zero attached hydrogens (tertiary/aromatic N) is 4. The zero-order valence-corrected chi connectivity index (χ0v) is 13.0. The zero-order chi connectivity index (χ0) is 14.4. The van der Waals surface area contributed by atoms with Gasteiger partial charge in [-0.3, -0.25) is 9.69 Å². The first-order valence-corrected chi connectivity index (χ1v) is 8.33. The van der Waals surface area contributed by atoms with Crippen LogP contribution in [0.4, 0.5) is 0 Å². The predicted octanol–water partition coefficient (Wildman–Crippen LogP) is 1.26. The fraction of sp³-hybridized carbons (Fsp3) is 0.643. The molecular weight excluding hydrogens is 272 g/mol. The Morgan fingerprint density at radius 2 is 2.25 bits per heavy atom. The minimum absolute atomic E-state index is 0.284. The molecule has 5 nitrogen and oxygen atoms in total. The van der Waals surface area contributed by atoms with E-state index in [0.29, 0.717) is 12.5 Å². The van der Waals surface area contributed by atoms with Gasteiger partial charge < -0.3 is 4.90 Å². The second kappa shape index (κ2) is 7.59. The van der Waals surface area contributed by atoms with E-state index in [1.54, 1.807) is 24.2 Å². The van der Waals surface area contributed by atoms with Crippen LogP contribution in [0.5, 0.6) is 0 Å². The third-order valence-electron chi connectivity index (χ3n) is 3.67. The van der Waals surface area contributed by atoms with Crippen molar-refractivity contribution >= 4 is 17.7 Å². The summed E-state index contributed by atoms with van der Waals surface area (Å²) in [6, 6.07) is 2.24. The summed E-state index contributed by atoms with van der Waals surface area (Å²) in [6.07, 6.45) is 7.26. The molecule has 6 heteroatoms. The SMILES string of the molecule is CSCCC(=O)N1CC[C@H](N(C)Cc2ncccn2)C1. The number of likely N-dealkylation sites (tertiary alicyclic amines) is 1. The van der Waals surface area contributed by atoms with Gasteiger partial charge >= 0.3 is 0 Å². The summed E-state index contributed by atoms with van der Waals surface area (Å²) in [5.41, 5.74) is 0. The summed E-state index contributed by atoms with van der Waals surface area (Å²) in [7, 11) is 2.08. The minimum atomic E-state index is 0.284. The van der Waals surface area contributed by atoms with E-state index in [9.17, 15) is 4.79 Å². The van der Waals surface area contributed by atoms with Crippen LogP contribution in [-0.2, 0) is 11.3 Å². The number of likely N-dealkylation sites (N-methyl/N-ethyl adjacent to an activating group) is 1. The van der Waals surface area contributed by atoms with Crippen molar-refractivity contribution in [3.05, 3.63) is 24.3 Å². The van der Waals surface area contributed by atoms with E-state index in [1.165, 1.54) is 0 Å². The highest BCUT2D eigenvalue weighted by Gasteiger charge is 2.28. The Labute approximate surface area is 124 Å². The minimum Gasteiger partial charge on any atom is -0.341 e. The first kappa shape index (κ1) is 15.3. The van der Waals surface area contributed by atoms with Gasteiger partial charge in [0.05, 0.1) is 6.54 Å². The highest BCUT2D eigenvalue weighted by atomic mass is 32.2. The second-order valence-corrected chi connectivity index (χ2v) is 6.09. The van der Waals surface area contributed by atoms with Crippen LogP contribution in [0.3, 0.4) is 0 Å². The number of carbonyl (C=O) groups excluding carboxylic acids is 1. The standard InChI is InChI=1S/C14H22N4OS/c1-17(11-13-15-6-3-7-16-13)12-4-8-18(10-12)14(19)5-9-20-2/h3,6-7,12H,4-5,8-11H2,1-2H3/t12-/m0/s1. The first-order chi connectivity index (χ1) is 9.70. The molecule has 1 aliphatic rings. The molecule has 2 heterocycles. The fourth-order valence-corrected chi connectivity index (χ4v) is 2.82. The van der Waals surface area contributed by atoms with Crippen LogP contribution in [0.2, 0.25) is 0 Å². The summed E-state index contributed by atoms with van der Waals surface area (Å²) in [5, 5.41) is 0. The van der Waals surface area contributed by atoms with Crippen molar-refractivity contribution in [2.45, 2.75) is 25.4 Å². The highest BCUT2D eigenvalue weighted by Crippen LogP contribution is 2.17. The number of rotatable bonds is 6. The van der Waals surface area contributed by atoms with Gasteiger partial charge in [0.15, 0.2) is 0 Å². The van der Waals surface area contributed by atoms with E-state index in [1.807, 2.05) is 17.2 Å². The lowest BCUT2D eigenvalue weighted by Gasteiger charge is -2.23. The molecule has 110 valence electrons. The summed E-state index contributed by atoms with van der Waals surface area (Å²) < 4.78 is 0. The van der Waals surface area contributed by atoms with Gasteiger partial charge in [0, 0.05) is 43.7 Å². The summed E-state index contributed by atoms with van der Waals surface area (Å²) in [4.78, 5) is 24.7. The molecule has 1 atom stereocenters. The Kier molecular flexibility index (Phi) is 5.79. The van der Waals surface area contributed by atoms with Gasteiger partial charge in [0.1, 0.15) is 5.82 Å². The molecule has 1 aromatic heterocycles. The Balaban J connectivity index is 1.81. The summed E-state index contributed by atoms with van der Waals surface area (Å²) in [5.74, 6) is 2.03. The monoisotopic (exact) mass is 294 g/mol. The molecule has 0 unspecified atom stereocenters. The van der Waals surface area contributed by atoms with Crippen molar-refractivity contribution in [2.24, 2.45) is 0 Å². The van der Waals surface area contributed by atoms with Crippen LogP contribution in [0.25, 0.3) is 0 Å². The van der Waals surface area contributed by atoms with Crippen LogP contribution < -0.4 is 0 Å². The Morgan fingerprint density at radius 1 is 1.50 bits per heavy atom.